The molecule has 5 heteroatoms. The van der Waals surface area contributed by atoms with Crippen molar-refractivity contribution in [3.63, 3.8) is 0 Å². The summed E-state index contributed by atoms with van der Waals surface area (Å²) in [6.07, 6.45) is 9.33. The van der Waals surface area contributed by atoms with Gasteiger partial charge in [0.2, 0.25) is 11.8 Å². The van der Waals surface area contributed by atoms with Crippen LogP contribution in [0.25, 0.3) is 0 Å². The topological polar surface area (TPSA) is 54.5 Å². The van der Waals surface area contributed by atoms with Gasteiger partial charge in [-0.05, 0) is 68.7 Å². The van der Waals surface area contributed by atoms with Gasteiger partial charge in [-0.15, -0.1) is 0 Å². The molecule has 1 aliphatic carbocycles. The van der Waals surface area contributed by atoms with Crippen LogP contribution < -0.4 is 10.1 Å². The third-order valence-corrected chi connectivity index (χ3v) is 6.08. The molecule has 0 radical (unpaired) electrons. The highest BCUT2D eigenvalue weighted by molar-refractivity contribution is 5.92. The lowest BCUT2D eigenvalue weighted by atomic mass is 9.88. The first-order valence-electron chi connectivity index (χ1n) is 9.93. The van der Waals surface area contributed by atoms with Gasteiger partial charge in [0.05, 0.1) is 6.61 Å². The SMILES string of the molecule is O=C1CCc2ccc(OCCCCN3CCC4CCCC4C3)nc2N1. The highest BCUT2D eigenvalue weighted by atomic mass is 16.5. The Kier molecular flexibility index (Phi) is 5.20. The molecule has 1 N–H and O–H groups in total. The van der Waals surface area contributed by atoms with Crippen molar-refractivity contribution < 1.29 is 9.53 Å². The molecule has 3 aliphatic rings. The Morgan fingerprint density at radius 1 is 1.16 bits per heavy atom. The fourth-order valence-electron chi connectivity index (χ4n) is 4.63. The number of likely N-dealkylation sites (tertiary alicyclic amines) is 1. The Hall–Kier alpha value is -1.62. The second kappa shape index (κ2) is 7.73. The number of amides is 1. The predicted octanol–water partition coefficient (Wildman–Crippen LogP) is 3.25. The average molecular weight is 343 g/mol. The zero-order valence-corrected chi connectivity index (χ0v) is 15.0. The van der Waals surface area contributed by atoms with Crippen LogP contribution in [0.2, 0.25) is 0 Å². The lowest BCUT2D eigenvalue weighted by Gasteiger charge is -2.35. The molecule has 2 atom stereocenters. The van der Waals surface area contributed by atoms with Gasteiger partial charge in [-0.25, -0.2) is 0 Å². The van der Waals surface area contributed by atoms with Gasteiger partial charge in [-0.2, -0.15) is 4.98 Å². The van der Waals surface area contributed by atoms with Crippen LogP contribution in [0.3, 0.4) is 0 Å². The molecular weight excluding hydrogens is 314 g/mol. The fraction of sp³-hybridized carbons (Fsp3) is 0.700. The van der Waals surface area contributed by atoms with Gasteiger partial charge >= 0.3 is 0 Å². The number of carbonyl (C=O) groups excluding carboxylic acids is 1. The van der Waals surface area contributed by atoms with E-state index in [0.29, 0.717) is 24.7 Å². The van der Waals surface area contributed by atoms with E-state index in [1.54, 1.807) is 0 Å². The van der Waals surface area contributed by atoms with Gasteiger partial charge in [-0.3, -0.25) is 4.79 Å². The maximum atomic E-state index is 11.5. The summed E-state index contributed by atoms with van der Waals surface area (Å²) in [6.45, 7) is 4.49. The Bertz CT molecular complexity index is 619. The lowest BCUT2D eigenvalue weighted by molar-refractivity contribution is -0.116. The van der Waals surface area contributed by atoms with Gasteiger partial charge < -0.3 is 15.0 Å². The van der Waals surface area contributed by atoms with E-state index in [9.17, 15) is 4.79 Å². The summed E-state index contributed by atoms with van der Waals surface area (Å²) in [5, 5.41) is 2.83. The van der Waals surface area contributed by atoms with Crippen LogP contribution in [0.1, 0.15) is 50.5 Å². The molecule has 4 rings (SSSR count). The number of anilines is 1. The molecular formula is C20H29N3O2. The average Bonchev–Trinajstić information content (AvgIpc) is 3.09. The summed E-state index contributed by atoms with van der Waals surface area (Å²) in [4.78, 5) is 18.5. The summed E-state index contributed by atoms with van der Waals surface area (Å²) in [5.41, 5.74) is 1.10. The Balaban J connectivity index is 1.16. The van der Waals surface area contributed by atoms with Crippen LogP contribution in [-0.4, -0.2) is 42.0 Å². The number of carbonyl (C=O) groups is 1. The number of hydrogen-bond donors (Lipinski definition) is 1. The second-order valence-corrected chi connectivity index (χ2v) is 7.80. The summed E-state index contributed by atoms with van der Waals surface area (Å²) in [7, 11) is 0. The molecule has 3 heterocycles. The summed E-state index contributed by atoms with van der Waals surface area (Å²) >= 11 is 0. The number of unbranched alkanes of at least 4 members (excludes halogenated alkanes) is 1. The highest BCUT2D eigenvalue weighted by Gasteiger charge is 2.32. The molecule has 2 aliphatic heterocycles. The zero-order chi connectivity index (χ0) is 17.1. The van der Waals surface area contributed by atoms with Crippen molar-refractivity contribution in [2.75, 3.05) is 31.6 Å². The van der Waals surface area contributed by atoms with Gasteiger partial charge in [0, 0.05) is 19.0 Å². The van der Waals surface area contributed by atoms with Gasteiger partial charge in [0.15, 0.2) is 0 Å². The van der Waals surface area contributed by atoms with E-state index in [1.165, 1.54) is 51.7 Å². The first kappa shape index (κ1) is 16.8. The van der Waals surface area contributed by atoms with Crippen molar-refractivity contribution in [3.8, 4) is 5.88 Å². The largest absolute Gasteiger partial charge is 0.478 e. The number of nitrogens with zero attached hydrogens (tertiary/aromatic N) is 2. The third-order valence-electron chi connectivity index (χ3n) is 6.08. The van der Waals surface area contributed by atoms with Crippen LogP contribution in [0.5, 0.6) is 5.88 Å². The molecule has 2 unspecified atom stereocenters. The van der Waals surface area contributed by atoms with E-state index in [-0.39, 0.29) is 5.91 Å². The molecule has 1 aromatic heterocycles. The molecule has 0 aromatic carbocycles. The maximum Gasteiger partial charge on any atom is 0.225 e. The van der Waals surface area contributed by atoms with Crippen molar-refractivity contribution in [3.05, 3.63) is 17.7 Å². The van der Waals surface area contributed by atoms with E-state index in [1.807, 2.05) is 12.1 Å². The lowest BCUT2D eigenvalue weighted by Crippen LogP contribution is -2.38. The number of piperidine rings is 1. The highest BCUT2D eigenvalue weighted by Crippen LogP contribution is 2.37. The van der Waals surface area contributed by atoms with Crippen LogP contribution in [0.15, 0.2) is 12.1 Å². The minimum absolute atomic E-state index is 0.0446. The van der Waals surface area contributed by atoms with E-state index in [4.69, 9.17) is 4.74 Å². The minimum atomic E-state index is 0.0446. The number of aromatic nitrogens is 1. The molecule has 25 heavy (non-hydrogen) atoms. The molecule has 1 saturated heterocycles. The van der Waals surface area contributed by atoms with Gasteiger partial charge in [-0.1, -0.05) is 12.8 Å². The van der Waals surface area contributed by atoms with Crippen LogP contribution in [0.4, 0.5) is 5.82 Å². The Morgan fingerprint density at radius 3 is 3.04 bits per heavy atom. The van der Waals surface area contributed by atoms with Crippen LogP contribution in [-0.2, 0) is 11.2 Å². The predicted molar refractivity (Wildman–Crippen MR) is 97.8 cm³/mol. The van der Waals surface area contributed by atoms with Crippen molar-refractivity contribution in [2.24, 2.45) is 11.8 Å². The Labute approximate surface area is 150 Å². The molecule has 1 aromatic rings. The van der Waals surface area contributed by atoms with Gasteiger partial charge in [0.25, 0.3) is 0 Å². The molecule has 1 amide bonds. The normalized spacial score (nSPS) is 26.0. The zero-order valence-electron chi connectivity index (χ0n) is 15.0. The Morgan fingerprint density at radius 2 is 2.08 bits per heavy atom. The van der Waals surface area contributed by atoms with E-state index in [2.05, 4.69) is 15.2 Å². The number of pyridine rings is 1. The first-order chi connectivity index (χ1) is 12.3. The molecule has 136 valence electrons. The van der Waals surface area contributed by atoms with Crippen molar-refractivity contribution >= 4 is 11.7 Å². The quantitative estimate of drug-likeness (QED) is 0.806. The van der Waals surface area contributed by atoms with E-state index in [0.717, 1.165) is 30.2 Å². The number of nitrogens with one attached hydrogen (secondary N) is 1. The van der Waals surface area contributed by atoms with Gasteiger partial charge in [0.1, 0.15) is 5.82 Å². The summed E-state index contributed by atoms with van der Waals surface area (Å²) in [5.74, 6) is 3.33. The number of fused-ring (bicyclic) bond motifs is 2. The molecule has 0 spiro atoms. The molecule has 2 fully saturated rings. The first-order valence-corrected chi connectivity index (χ1v) is 9.93. The van der Waals surface area contributed by atoms with Crippen molar-refractivity contribution in [2.45, 2.75) is 51.4 Å². The third kappa shape index (κ3) is 4.14. The van der Waals surface area contributed by atoms with Crippen molar-refractivity contribution in [1.82, 2.24) is 9.88 Å². The molecule has 5 nitrogen and oxygen atoms in total. The number of hydrogen-bond acceptors (Lipinski definition) is 4. The molecule has 1 saturated carbocycles. The number of ether oxygens (including phenoxy) is 1. The summed E-state index contributed by atoms with van der Waals surface area (Å²) in [6, 6.07) is 3.93. The van der Waals surface area contributed by atoms with Crippen LogP contribution in [0, 0.1) is 11.8 Å². The van der Waals surface area contributed by atoms with Crippen LogP contribution >= 0.6 is 0 Å². The number of aryl methyl sites for hydroxylation is 1. The van der Waals surface area contributed by atoms with E-state index >= 15 is 0 Å². The fourth-order valence-corrected chi connectivity index (χ4v) is 4.63. The maximum absolute atomic E-state index is 11.5. The second-order valence-electron chi connectivity index (χ2n) is 7.80. The van der Waals surface area contributed by atoms with Crippen molar-refractivity contribution in [1.29, 1.82) is 0 Å². The standard InChI is InChI=1S/C20H29N3O2/c24-18-8-6-16-7-9-19(22-20(16)21-18)25-13-2-1-11-23-12-10-15-4-3-5-17(15)14-23/h7,9,15,17H,1-6,8,10-14H2,(H,21,22,24). The minimum Gasteiger partial charge on any atom is -0.478 e. The van der Waals surface area contributed by atoms with E-state index < -0.39 is 0 Å². The smallest absolute Gasteiger partial charge is 0.225 e. The number of rotatable bonds is 6. The monoisotopic (exact) mass is 343 g/mol. The summed E-state index contributed by atoms with van der Waals surface area (Å²) < 4.78 is 5.79. The molecule has 0 bridgehead atoms.